The molecule has 2 atom stereocenters. The van der Waals surface area contributed by atoms with Crippen molar-refractivity contribution < 1.29 is 19.4 Å². The maximum atomic E-state index is 14.5. The molecule has 0 aliphatic heterocycles. The number of carboxylic acid groups (broad SMARTS) is 1. The molecular weight excluding hydrogens is 653 g/mol. The minimum atomic E-state index is -0.671. The topological polar surface area (TPSA) is 63.6 Å². The number of hydrogen-bond acceptors (Lipinski definition) is 3. The van der Waals surface area contributed by atoms with Gasteiger partial charge in [-0.1, -0.05) is 240 Å². The maximum absolute atomic E-state index is 14.5. The van der Waals surface area contributed by atoms with Gasteiger partial charge in [-0.2, -0.15) is 0 Å². The Labute approximate surface area is 332 Å². The van der Waals surface area contributed by atoms with E-state index in [1.165, 1.54) is 186 Å². The molecule has 0 rings (SSSR count). The number of carbonyl (C=O) groups is 2. The quantitative estimate of drug-likeness (QED) is 0.0498. The SMILES string of the molecule is CCCCCCCCCCCCCCOC(=O)C(CCCCCCCCCCCCC(=O)O)(C(C)CCCCCCCC)C(C)CCCCCCCC. The molecule has 0 saturated heterocycles. The lowest BCUT2D eigenvalue weighted by Crippen LogP contribution is -2.44. The van der Waals surface area contributed by atoms with Crippen LogP contribution in [0.1, 0.15) is 279 Å². The van der Waals surface area contributed by atoms with Crippen molar-refractivity contribution in [2.45, 2.75) is 279 Å². The van der Waals surface area contributed by atoms with Crippen molar-refractivity contribution in [3.63, 3.8) is 0 Å². The Bertz CT molecular complexity index is 756. The number of hydrogen-bond donors (Lipinski definition) is 1. The van der Waals surface area contributed by atoms with E-state index < -0.39 is 5.97 Å². The predicted molar refractivity (Wildman–Crippen MR) is 232 cm³/mol. The second-order valence-electron chi connectivity index (χ2n) is 17.4. The molecule has 4 heteroatoms. The number of carbonyl (C=O) groups excluding carboxylic acids is 1. The van der Waals surface area contributed by atoms with Crippen molar-refractivity contribution in [2.75, 3.05) is 6.61 Å². The highest BCUT2D eigenvalue weighted by molar-refractivity contribution is 5.77. The Kier molecular flexibility index (Phi) is 38.4. The number of unbranched alkanes of at least 4 members (excludes halogenated alkanes) is 30. The summed E-state index contributed by atoms with van der Waals surface area (Å²) in [5.41, 5.74) is -0.361. The molecule has 53 heavy (non-hydrogen) atoms. The first-order valence-corrected chi connectivity index (χ1v) is 24.3. The minimum absolute atomic E-state index is 0.139. The summed E-state index contributed by atoms with van der Waals surface area (Å²) in [6.07, 6.45) is 46.7. The fourth-order valence-corrected chi connectivity index (χ4v) is 8.81. The van der Waals surface area contributed by atoms with Crippen molar-refractivity contribution in [1.29, 1.82) is 0 Å². The van der Waals surface area contributed by atoms with Gasteiger partial charge in [0.1, 0.15) is 0 Å². The fourth-order valence-electron chi connectivity index (χ4n) is 8.81. The molecule has 0 aliphatic rings. The number of aliphatic carboxylic acids is 1. The molecule has 2 unspecified atom stereocenters. The standard InChI is InChI=1S/C49H96O4/c1-6-9-12-15-18-19-20-23-26-29-34-39-44-53-48(52)49(45(4)40-35-30-16-13-10-7-2,46(5)41-36-31-17-14-11-8-3)43-38-33-28-25-22-21-24-27-32-37-42-47(50)51/h45-46H,6-44H2,1-5H3,(H,50,51). The van der Waals surface area contributed by atoms with E-state index in [9.17, 15) is 9.59 Å². The van der Waals surface area contributed by atoms with Gasteiger partial charge in [-0.15, -0.1) is 0 Å². The van der Waals surface area contributed by atoms with Gasteiger partial charge < -0.3 is 9.84 Å². The Balaban J connectivity index is 5.20. The molecule has 316 valence electrons. The van der Waals surface area contributed by atoms with Gasteiger partial charge in [0.05, 0.1) is 12.0 Å². The molecule has 0 fully saturated rings. The van der Waals surface area contributed by atoms with Gasteiger partial charge in [-0.3, -0.25) is 9.59 Å². The molecule has 0 radical (unpaired) electrons. The zero-order valence-electron chi connectivity index (χ0n) is 36.9. The highest BCUT2D eigenvalue weighted by atomic mass is 16.5. The Morgan fingerprint density at radius 2 is 0.736 bits per heavy atom. The van der Waals surface area contributed by atoms with Crippen LogP contribution in [0.2, 0.25) is 0 Å². The van der Waals surface area contributed by atoms with Gasteiger partial charge in [0.2, 0.25) is 0 Å². The van der Waals surface area contributed by atoms with Crippen LogP contribution in [-0.4, -0.2) is 23.7 Å². The number of carboxylic acids is 1. The Morgan fingerprint density at radius 1 is 0.434 bits per heavy atom. The largest absolute Gasteiger partial charge is 0.481 e. The lowest BCUT2D eigenvalue weighted by molar-refractivity contribution is -0.165. The van der Waals surface area contributed by atoms with Crippen LogP contribution in [0, 0.1) is 17.3 Å². The lowest BCUT2D eigenvalue weighted by atomic mass is 9.62. The number of ether oxygens (including phenoxy) is 1. The van der Waals surface area contributed by atoms with Crippen LogP contribution in [0.5, 0.6) is 0 Å². The second-order valence-corrected chi connectivity index (χ2v) is 17.4. The summed E-state index contributed by atoms with van der Waals surface area (Å²) in [6.45, 7) is 12.3. The van der Waals surface area contributed by atoms with E-state index in [0.29, 0.717) is 24.9 Å². The van der Waals surface area contributed by atoms with Gasteiger partial charge in [-0.25, -0.2) is 0 Å². The molecule has 1 N–H and O–H groups in total. The van der Waals surface area contributed by atoms with Crippen LogP contribution in [0.25, 0.3) is 0 Å². The normalized spacial score (nSPS) is 13.9. The van der Waals surface area contributed by atoms with Crippen LogP contribution in [0.3, 0.4) is 0 Å². The third kappa shape index (κ3) is 29.8. The molecule has 0 aromatic carbocycles. The van der Waals surface area contributed by atoms with Crippen LogP contribution < -0.4 is 0 Å². The lowest BCUT2D eigenvalue weighted by Gasteiger charge is -2.42. The van der Waals surface area contributed by atoms with Crippen molar-refractivity contribution in [3.05, 3.63) is 0 Å². The summed E-state index contributed by atoms with van der Waals surface area (Å²) in [4.78, 5) is 25.2. The Morgan fingerprint density at radius 3 is 1.09 bits per heavy atom. The first-order chi connectivity index (χ1) is 25.9. The highest BCUT2D eigenvalue weighted by Crippen LogP contribution is 2.47. The van der Waals surface area contributed by atoms with Crippen molar-refractivity contribution in [3.8, 4) is 0 Å². The molecule has 0 heterocycles. The summed E-state index contributed by atoms with van der Waals surface area (Å²) in [5, 5.41) is 8.84. The monoisotopic (exact) mass is 749 g/mol. The smallest absolute Gasteiger partial charge is 0.312 e. The molecule has 0 aromatic rings. The maximum Gasteiger partial charge on any atom is 0.312 e. The van der Waals surface area contributed by atoms with Crippen LogP contribution in [0.15, 0.2) is 0 Å². The first-order valence-electron chi connectivity index (χ1n) is 24.3. The van der Waals surface area contributed by atoms with Crippen molar-refractivity contribution in [1.82, 2.24) is 0 Å². The van der Waals surface area contributed by atoms with E-state index in [2.05, 4.69) is 34.6 Å². The van der Waals surface area contributed by atoms with Gasteiger partial charge >= 0.3 is 11.9 Å². The molecule has 0 bridgehead atoms. The van der Waals surface area contributed by atoms with Gasteiger partial charge in [-0.05, 0) is 43.9 Å². The zero-order chi connectivity index (χ0) is 39.1. The third-order valence-corrected chi connectivity index (χ3v) is 12.6. The van der Waals surface area contributed by atoms with Gasteiger partial charge in [0.15, 0.2) is 0 Å². The molecule has 0 amide bonds. The van der Waals surface area contributed by atoms with Crippen LogP contribution in [0.4, 0.5) is 0 Å². The summed E-state index contributed by atoms with van der Waals surface area (Å²) < 4.78 is 6.35. The van der Waals surface area contributed by atoms with E-state index in [0.717, 1.165) is 51.4 Å². The van der Waals surface area contributed by atoms with E-state index in [1.807, 2.05) is 0 Å². The molecule has 4 nitrogen and oxygen atoms in total. The number of esters is 1. The summed E-state index contributed by atoms with van der Waals surface area (Å²) >= 11 is 0. The van der Waals surface area contributed by atoms with E-state index in [-0.39, 0.29) is 11.4 Å². The van der Waals surface area contributed by atoms with Crippen molar-refractivity contribution in [2.24, 2.45) is 17.3 Å². The average Bonchev–Trinajstić information content (AvgIpc) is 3.14. The van der Waals surface area contributed by atoms with Crippen LogP contribution >= 0.6 is 0 Å². The van der Waals surface area contributed by atoms with Gasteiger partial charge in [0, 0.05) is 6.42 Å². The Hall–Kier alpha value is -1.06. The van der Waals surface area contributed by atoms with Crippen molar-refractivity contribution >= 4 is 11.9 Å². The highest BCUT2D eigenvalue weighted by Gasteiger charge is 2.48. The molecule has 0 aromatic heterocycles. The average molecular weight is 749 g/mol. The van der Waals surface area contributed by atoms with E-state index in [4.69, 9.17) is 9.84 Å². The van der Waals surface area contributed by atoms with E-state index >= 15 is 0 Å². The second kappa shape index (κ2) is 39.2. The fraction of sp³-hybridized carbons (Fsp3) is 0.959. The van der Waals surface area contributed by atoms with E-state index in [1.54, 1.807) is 0 Å². The number of rotatable bonds is 43. The first kappa shape index (κ1) is 51.9. The zero-order valence-corrected chi connectivity index (χ0v) is 36.9. The van der Waals surface area contributed by atoms with Crippen LogP contribution in [-0.2, 0) is 14.3 Å². The molecule has 0 aliphatic carbocycles. The predicted octanol–water partition coefficient (Wildman–Crippen LogP) is 16.8. The summed E-state index contributed by atoms with van der Waals surface area (Å²) in [6, 6.07) is 0. The minimum Gasteiger partial charge on any atom is -0.481 e. The summed E-state index contributed by atoms with van der Waals surface area (Å²) in [7, 11) is 0. The third-order valence-electron chi connectivity index (χ3n) is 12.6. The molecule has 0 spiro atoms. The molecular formula is C49H96O4. The molecule has 0 saturated carbocycles. The summed E-state index contributed by atoms with van der Waals surface area (Å²) in [5.74, 6) is 0.189. The van der Waals surface area contributed by atoms with Gasteiger partial charge in [0.25, 0.3) is 0 Å².